The smallest absolute Gasteiger partial charge is 0.230 e. The number of aliphatic hydroxyl groups is 1. The predicted octanol–water partition coefficient (Wildman–Crippen LogP) is 5.65. The molecule has 0 unspecified atom stereocenters. The average Bonchev–Trinajstić information content (AvgIpc) is 3.29. The summed E-state index contributed by atoms with van der Waals surface area (Å²) in [7, 11) is 6.02. The molecule has 0 spiro atoms. The number of thiophene rings is 1. The van der Waals surface area contributed by atoms with Gasteiger partial charge in [0.1, 0.15) is 27.8 Å². The Kier molecular flexibility index (Phi) is 7.61. The van der Waals surface area contributed by atoms with Crippen LogP contribution in [0.3, 0.4) is 0 Å². The second kappa shape index (κ2) is 11.0. The van der Waals surface area contributed by atoms with E-state index in [4.69, 9.17) is 14.7 Å². The summed E-state index contributed by atoms with van der Waals surface area (Å²) in [5.74, 6) is 2.57. The third-order valence-electron chi connectivity index (χ3n) is 7.21. The molecule has 3 aromatic heterocycles. The van der Waals surface area contributed by atoms with E-state index in [1.54, 1.807) is 32.3 Å². The average molecular weight is 548 g/mol. The number of rotatable bonds is 8. The standard InChI is InChI=1S/C29H37N7O2S/c1-18-17-39-27-25(18)26(32-24-9-7-8-23(31-24)29(2,3)37)33-28(34-27)30-19-10-11-21(22(16-19)38-6)36-14-12-20(13-15-36)35(4)5/h7-11,16-17,20,37H,12-15H2,1-6H3,(H2,30,31,32,33,34). The number of anilines is 5. The van der Waals surface area contributed by atoms with Gasteiger partial charge in [0.15, 0.2) is 0 Å². The fourth-order valence-electron chi connectivity index (χ4n) is 4.97. The van der Waals surface area contributed by atoms with Crippen LogP contribution in [0.25, 0.3) is 10.2 Å². The zero-order valence-corrected chi connectivity index (χ0v) is 24.3. The molecule has 5 rings (SSSR count). The number of pyridine rings is 1. The van der Waals surface area contributed by atoms with Crippen LogP contribution in [0.15, 0.2) is 41.8 Å². The first-order valence-electron chi connectivity index (χ1n) is 13.2. The molecule has 3 N–H and O–H groups in total. The maximum Gasteiger partial charge on any atom is 0.230 e. The molecule has 4 heterocycles. The summed E-state index contributed by atoms with van der Waals surface area (Å²) in [6.07, 6.45) is 2.27. The van der Waals surface area contributed by atoms with E-state index in [2.05, 4.69) is 51.0 Å². The van der Waals surface area contributed by atoms with E-state index in [-0.39, 0.29) is 0 Å². The molecule has 1 fully saturated rings. The Labute approximate surface area is 233 Å². The number of nitrogens with zero attached hydrogens (tertiary/aromatic N) is 5. The zero-order valence-electron chi connectivity index (χ0n) is 23.4. The molecule has 39 heavy (non-hydrogen) atoms. The first-order valence-corrected chi connectivity index (χ1v) is 14.1. The molecule has 1 aliphatic heterocycles. The Morgan fingerprint density at radius 1 is 1.08 bits per heavy atom. The minimum absolute atomic E-state index is 0.479. The lowest BCUT2D eigenvalue weighted by Gasteiger charge is -2.37. The molecule has 0 radical (unpaired) electrons. The number of aryl methyl sites for hydroxylation is 1. The molecule has 206 valence electrons. The van der Waals surface area contributed by atoms with Crippen LogP contribution in [0.4, 0.5) is 29.0 Å². The van der Waals surface area contributed by atoms with Gasteiger partial charge in [-0.1, -0.05) is 6.07 Å². The Bertz CT molecular complexity index is 1460. The van der Waals surface area contributed by atoms with Gasteiger partial charge in [-0.2, -0.15) is 4.98 Å². The number of ether oxygens (including phenoxy) is 1. The first kappa shape index (κ1) is 27.1. The molecular weight excluding hydrogens is 510 g/mol. The lowest BCUT2D eigenvalue weighted by Crippen LogP contribution is -2.42. The number of hydrogen-bond donors (Lipinski definition) is 3. The number of benzene rings is 1. The van der Waals surface area contributed by atoms with Crippen LogP contribution in [-0.4, -0.2) is 65.3 Å². The van der Waals surface area contributed by atoms with Crippen molar-refractivity contribution in [3.63, 3.8) is 0 Å². The number of methoxy groups -OCH3 is 1. The van der Waals surface area contributed by atoms with Crippen LogP contribution in [0.5, 0.6) is 5.75 Å². The third kappa shape index (κ3) is 5.93. The van der Waals surface area contributed by atoms with Crippen LogP contribution >= 0.6 is 11.3 Å². The number of hydrogen-bond acceptors (Lipinski definition) is 10. The highest BCUT2D eigenvalue weighted by atomic mass is 32.1. The zero-order chi connectivity index (χ0) is 27.7. The summed E-state index contributed by atoms with van der Waals surface area (Å²) < 4.78 is 5.79. The Morgan fingerprint density at radius 3 is 2.54 bits per heavy atom. The van der Waals surface area contributed by atoms with Gasteiger partial charge in [0, 0.05) is 30.9 Å². The van der Waals surface area contributed by atoms with Crippen molar-refractivity contribution in [1.82, 2.24) is 19.9 Å². The summed E-state index contributed by atoms with van der Waals surface area (Å²) in [5.41, 5.74) is 2.57. The van der Waals surface area contributed by atoms with Gasteiger partial charge in [0.25, 0.3) is 0 Å². The van der Waals surface area contributed by atoms with Crippen molar-refractivity contribution in [2.45, 2.75) is 45.3 Å². The summed E-state index contributed by atoms with van der Waals surface area (Å²) in [6.45, 7) is 7.49. The molecule has 4 aromatic rings. The molecule has 0 bridgehead atoms. The molecule has 0 amide bonds. The molecular formula is C29H37N7O2S. The van der Waals surface area contributed by atoms with E-state index >= 15 is 0 Å². The molecule has 0 saturated carbocycles. The maximum atomic E-state index is 10.4. The minimum Gasteiger partial charge on any atom is -0.495 e. The van der Waals surface area contributed by atoms with Gasteiger partial charge in [-0.15, -0.1) is 11.3 Å². The summed E-state index contributed by atoms with van der Waals surface area (Å²) in [4.78, 5) is 19.8. The van der Waals surface area contributed by atoms with Crippen LogP contribution in [0.2, 0.25) is 0 Å². The van der Waals surface area contributed by atoms with E-state index in [0.29, 0.717) is 29.3 Å². The monoisotopic (exact) mass is 547 g/mol. The van der Waals surface area contributed by atoms with Gasteiger partial charge in [-0.05, 0) is 82.9 Å². The molecule has 1 saturated heterocycles. The predicted molar refractivity (Wildman–Crippen MR) is 160 cm³/mol. The van der Waals surface area contributed by atoms with Crippen LogP contribution in [0.1, 0.15) is 37.9 Å². The molecule has 0 atom stereocenters. The van der Waals surface area contributed by atoms with Crippen molar-refractivity contribution in [1.29, 1.82) is 0 Å². The number of piperidine rings is 1. The van der Waals surface area contributed by atoms with Gasteiger partial charge < -0.3 is 30.3 Å². The third-order valence-corrected chi connectivity index (χ3v) is 8.20. The highest BCUT2D eigenvalue weighted by Crippen LogP contribution is 2.36. The van der Waals surface area contributed by atoms with Crippen molar-refractivity contribution in [3.8, 4) is 5.75 Å². The van der Waals surface area contributed by atoms with Crippen molar-refractivity contribution in [2.75, 3.05) is 49.8 Å². The first-order chi connectivity index (χ1) is 18.6. The van der Waals surface area contributed by atoms with E-state index in [9.17, 15) is 5.11 Å². The van der Waals surface area contributed by atoms with Crippen LogP contribution in [0, 0.1) is 6.92 Å². The lowest BCUT2D eigenvalue weighted by atomic mass is 10.0. The Morgan fingerprint density at radius 2 is 1.85 bits per heavy atom. The fourth-order valence-corrected chi connectivity index (χ4v) is 5.89. The number of nitrogens with one attached hydrogen (secondary N) is 2. The topological polar surface area (TPSA) is 98.7 Å². The quantitative estimate of drug-likeness (QED) is 0.258. The largest absolute Gasteiger partial charge is 0.495 e. The van der Waals surface area contributed by atoms with Gasteiger partial charge in [-0.25, -0.2) is 9.97 Å². The van der Waals surface area contributed by atoms with E-state index in [0.717, 1.165) is 58.8 Å². The highest BCUT2D eigenvalue weighted by Gasteiger charge is 2.23. The minimum atomic E-state index is -1.04. The van der Waals surface area contributed by atoms with Crippen molar-refractivity contribution in [2.24, 2.45) is 0 Å². The van der Waals surface area contributed by atoms with E-state index < -0.39 is 5.60 Å². The maximum absolute atomic E-state index is 10.4. The number of fused-ring (bicyclic) bond motifs is 1. The van der Waals surface area contributed by atoms with Crippen molar-refractivity contribution >= 4 is 50.5 Å². The lowest BCUT2D eigenvalue weighted by molar-refractivity contribution is 0.0740. The fraction of sp³-hybridized carbons (Fsp3) is 0.414. The molecule has 0 aliphatic carbocycles. The number of aromatic nitrogens is 3. The van der Waals surface area contributed by atoms with E-state index in [1.807, 2.05) is 37.3 Å². The van der Waals surface area contributed by atoms with Gasteiger partial charge >= 0.3 is 0 Å². The molecule has 10 heteroatoms. The Hall–Kier alpha value is -3.47. The Balaban J connectivity index is 1.41. The second-order valence-electron chi connectivity index (χ2n) is 10.8. The second-order valence-corrected chi connectivity index (χ2v) is 11.6. The SMILES string of the molecule is COc1cc(Nc2nc(Nc3cccc(C(C)(C)O)n3)c3c(C)csc3n2)ccc1N1CCC(N(C)C)CC1. The van der Waals surface area contributed by atoms with Crippen molar-refractivity contribution < 1.29 is 9.84 Å². The van der Waals surface area contributed by atoms with Gasteiger partial charge in [0.2, 0.25) is 5.95 Å². The molecule has 1 aromatic carbocycles. The highest BCUT2D eigenvalue weighted by molar-refractivity contribution is 7.17. The van der Waals surface area contributed by atoms with E-state index in [1.165, 1.54) is 0 Å². The summed E-state index contributed by atoms with van der Waals surface area (Å²) in [5, 5.41) is 20.2. The van der Waals surface area contributed by atoms with Crippen LogP contribution < -0.4 is 20.3 Å². The summed E-state index contributed by atoms with van der Waals surface area (Å²) in [6, 6.07) is 12.3. The normalized spacial score (nSPS) is 14.7. The summed E-state index contributed by atoms with van der Waals surface area (Å²) >= 11 is 1.58. The van der Waals surface area contributed by atoms with Crippen molar-refractivity contribution in [3.05, 3.63) is 53.0 Å². The van der Waals surface area contributed by atoms with Gasteiger partial charge in [-0.3, -0.25) is 0 Å². The molecule has 9 nitrogen and oxygen atoms in total. The van der Waals surface area contributed by atoms with Crippen LogP contribution in [-0.2, 0) is 5.60 Å². The molecule has 1 aliphatic rings. The van der Waals surface area contributed by atoms with Gasteiger partial charge in [0.05, 0.1) is 23.9 Å².